The summed E-state index contributed by atoms with van der Waals surface area (Å²) in [6.07, 6.45) is 2.03. The number of aliphatic hydroxyl groups is 1. The highest BCUT2D eigenvalue weighted by Crippen LogP contribution is 2.51. The Morgan fingerprint density at radius 3 is 2.33 bits per heavy atom. The van der Waals surface area contributed by atoms with Crippen LogP contribution in [0.15, 0.2) is 6.07 Å². The van der Waals surface area contributed by atoms with Gasteiger partial charge in [0.15, 0.2) is 34.7 Å². The average Bonchev–Trinajstić information content (AvgIpc) is 3.67. The van der Waals surface area contributed by atoms with Crippen molar-refractivity contribution in [3.63, 3.8) is 0 Å². The second-order valence-electron chi connectivity index (χ2n) is 14.2. The van der Waals surface area contributed by atoms with E-state index in [9.17, 15) is 34.2 Å². The zero-order valence-corrected chi connectivity index (χ0v) is 24.8. The van der Waals surface area contributed by atoms with Gasteiger partial charge in [-0.15, -0.1) is 0 Å². The molecule has 1 aromatic carbocycles. The van der Waals surface area contributed by atoms with Crippen LogP contribution < -0.4 is 5.73 Å². The number of amides is 1. The smallest absolute Gasteiger partial charge is 0.235 e. The first-order chi connectivity index (χ1) is 19.5. The zero-order valence-electron chi connectivity index (χ0n) is 24.8. The highest BCUT2D eigenvalue weighted by Gasteiger charge is 2.69. The van der Waals surface area contributed by atoms with Gasteiger partial charge in [-0.3, -0.25) is 33.8 Å². The summed E-state index contributed by atoms with van der Waals surface area (Å²) in [5.74, 6) is -11.6. The summed E-state index contributed by atoms with van der Waals surface area (Å²) in [6.45, 7) is 8.04. The van der Waals surface area contributed by atoms with Crippen molar-refractivity contribution in [2.45, 2.75) is 64.6 Å². The quantitative estimate of drug-likeness (QED) is 0.401. The normalized spacial score (nSPS) is 31.3. The van der Waals surface area contributed by atoms with Crippen LogP contribution in [0.1, 0.15) is 61.5 Å². The van der Waals surface area contributed by atoms with Gasteiger partial charge < -0.3 is 15.9 Å². The van der Waals surface area contributed by atoms with E-state index < -0.39 is 75.9 Å². The number of rotatable bonds is 7. The topological polar surface area (TPSA) is 158 Å². The number of phenolic OH excluding ortho intramolecular Hbond substituents is 1. The van der Waals surface area contributed by atoms with Gasteiger partial charge in [0.05, 0.1) is 17.5 Å². The minimum atomic E-state index is -2.80. The third kappa shape index (κ3) is 4.89. The van der Waals surface area contributed by atoms with Crippen LogP contribution in [0.5, 0.6) is 5.75 Å². The van der Waals surface area contributed by atoms with Crippen molar-refractivity contribution in [3.8, 4) is 5.75 Å². The van der Waals surface area contributed by atoms with E-state index >= 15 is 4.39 Å². The van der Waals surface area contributed by atoms with Crippen molar-refractivity contribution in [3.05, 3.63) is 28.6 Å². The third-order valence-electron chi connectivity index (χ3n) is 9.37. The molecule has 1 aromatic rings. The number of hydrogen-bond donors (Lipinski definition) is 3. The van der Waals surface area contributed by atoms with Crippen molar-refractivity contribution in [2.24, 2.45) is 40.7 Å². The maximum Gasteiger partial charge on any atom is 0.235 e. The molecule has 6 atom stereocenters. The number of Topliss-reactive ketones (excluding diaryl/α,β-unsaturated/α-hetero) is 4. The number of phenols is 1. The number of fused-ring (bicyclic) bond motifs is 3. The van der Waals surface area contributed by atoms with Crippen LogP contribution in [0, 0.1) is 40.8 Å². The number of carbonyl (C=O) groups excluding carboxylic acids is 5. The van der Waals surface area contributed by atoms with Crippen LogP contribution in [-0.2, 0) is 32.1 Å². The Morgan fingerprint density at radius 2 is 1.79 bits per heavy atom. The lowest BCUT2D eigenvalue weighted by atomic mass is 9.52. The first-order valence-electron chi connectivity index (χ1n) is 14.6. The molecule has 0 spiro atoms. The second kappa shape index (κ2) is 10.3. The number of carbonyl (C=O) groups is 5. The lowest BCUT2D eigenvalue weighted by Crippen LogP contribution is -2.74. The molecule has 42 heavy (non-hydrogen) atoms. The fourth-order valence-electron chi connectivity index (χ4n) is 7.58. The molecule has 3 saturated carbocycles. The third-order valence-corrected chi connectivity index (χ3v) is 9.37. The van der Waals surface area contributed by atoms with Gasteiger partial charge >= 0.3 is 0 Å². The Bertz CT molecular complexity index is 1380. The standard InChI is InChI=1S/C31H40FN3O7/c1-30(2,3)13-35(11-14-6-7-14)12-16-10-19(36)21-17(23(16)32)8-15-9-18-24(34(4)5)26(38)22(29(33)41)28(40)31(18,42)27(39)20(15)25(21)37/h10,14-15,18,20,22,24,36,42H,6-9,11-13H2,1-5H3,(H2,33,41). The number of likely N-dealkylation sites (N-methyl/N-ethyl adjacent to an activating group) is 1. The summed E-state index contributed by atoms with van der Waals surface area (Å²) in [7, 11) is 3.04. The predicted molar refractivity (Wildman–Crippen MR) is 149 cm³/mol. The van der Waals surface area contributed by atoms with Gasteiger partial charge in [-0.25, -0.2) is 4.39 Å². The van der Waals surface area contributed by atoms with Crippen LogP contribution >= 0.6 is 0 Å². The Labute approximate surface area is 244 Å². The van der Waals surface area contributed by atoms with Gasteiger partial charge in [-0.1, -0.05) is 20.8 Å². The summed E-state index contributed by atoms with van der Waals surface area (Å²) in [4.78, 5) is 69.9. The fourth-order valence-corrected chi connectivity index (χ4v) is 7.58. The highest BCUT2D eigenvalue weighted by atomic mass is 19.1. The number of nitrogens with two attached hydrogens (primary N) is 1. The summed E-state index contributed by atoms with van der Waals surface area (Å²) >= 11 is 0. The summed E-state index contributed by atoms with van der Waals surface area (Å²) < 4.78 is 16.2. The van der Waals surface area contributed by atoms with Crippen molar-refractivity contribution in [1.82, 2.24) is 9.80 Å². The molecule has 0 heterocycles. The molecule has 4 aliphatic rings. The van der Waals surface area contributed by atoms with Gasteiger partial charge in [-0.2, -0.15) is 0 Å². The van der Waals surface area contributed by atoms with E-state index in [1.54, 1.807) is 0 Å². The number of halogens is 1. The first-order valence-corrected chi connectivity index (χ1v) is 14.6. The molecular formula is C31H40FN3O7. The van der Waals surface area contributed by atoms with Gasteiger partial charge in [-0.05, 0) is 63.1 Å². The molecule has 4 N–H and O–H groups in total. The van der Waals surface area contributed by atoms with Crippen molar-refractivity contribution < 1.29 is 38.6 Å². The fraction of sp³-hybridized carbons (Fsp3) is 0.645. The Kier molecular flexibility index (Phi) is 7.47. The Morgan fingerprint density at radius 1 is 1.14 bits per heavy atom. The number of primary amides is 1. The van der Waals surface area contributed by atoms with Gasteiger partial charge in [0, 0.05) is 36.7 Å². The van der Waals surface area contributed by atoms with E-state index in [-0.39, 0.29) is 41.5 Å². The average molecular weight is 586 g/mol. The SMILES string of the molecule is CN(C)C1C(=O)C(C(N)=O)C(=O)C2(O)C(=O)C3C(=O)c4c(O)cc(CN(CC5CC5)CC(C)(C)C)c(F)c4CC3CC12. The van der Waals surface area contributed by atoms with Gasteiger partial charge in [0.1, 0.15) is 11.6 Å². The molecule has 0 bridgehead atoms. The van der Waals surface area contributed by atoms with Crippen LogP contribution in [0.3, 0.4) is 0 Å². The lowest BCUT2D eigenvalue weighted by Gasteiger charge is -2.52. The Hall–Kier alpha value is -3.02. The van der Waals surface area contributed by atoms with Crippen molar-refractivity contribution in [2.75, 3.05) is 27.2 Å². The maximum atomic E-state index is 16.2. The second-order valence-corrected chi connectivity index (χ2v) is 14.2. The molecule has 0 aliphatic heterocycles. The molecule has 1 amide bonds. The minimum Gasteiger partial charge on any atom is -0.507 e. The largest absolute Gasteiger partial charge is 0.507 e. The molecule has 0 saturated heterocycles. The monoisotopic (exact) mass is 585 g/mol. The maximum absolute atomic E-state index is 16.2. The van der Waals surface area contributed by atoms with E-state index in [0.717, 1.165) is 19.4 Å². The number of aromatic hydroxyl groups is 1. The number of nitrogens with zero attached hydrogens (tertiary/aromatic N) is 2. The number of hydrogen-bond acceptors (Lipinski definition) is 9. The molecule has 10 nitrogen and oxygen atoms in total. The predicted octanol–water partition coefficient (Wildman–Crippen LogP) is 1.26. The zero-order chi connectivity index (χ0) is 31.0. The summed E-state index contributed by atoms with van der Waals surface area (Å²) in [5.41, 5.74) is 2.41. The van der Waals surface area contributed by atoms with Crippen LogP contribution in [0.2, 0.25) is 0 Å². The van der Waals surface area contributed by atoms with Crippen LogP contribution in [-0.4, -0.2) is 87.9 Å². The molecule has 5 rings (SSSR count). The molecule has 6 unspecified atom stereocenters. The lowest BCUT2D eigenvalue weighted by molar-refractivity contribution is -0.181. The molecule has 11 heteroatoms. The molecular weight excluding hydrogens is 545 g/mol. The van der Waals surface area contributed by atoms with Gasteiger partial charge in [0.25, 0.3) is 0 Å². The van der Waals surface area contributed by atoms with Crippen LogP contribution in [0.25, 0.3) is 0 Å². The summed E-state index contributed by atoms with van der Waals surface area (Å²) in [5, 5.41) is 22.6. The minimum absolute atomic E-state index is 0.00139. The van der Waals surface area contributed by atoms with E-state index in [4.69, 9.17) is 5.73 Å². The van der Waals surface area contributed by atoms with E-state index in [1.807, 2.05) is 0 Å². The van der Waals surface area contributed by atoms with E-state index in [1.165, 1.54) is 25.1 Å². The number of benzene rings is 1. The highest BCUT2D eigenvalue weighted by molar-refractivity contribution is 6.32. The number of ketones is 4. The Balaban J connectivity index is 1.54. The molecule has 3 fully saturated rings. The summed E-state index contributed by atoms with van der Waals surface area (Å²) in [6, 6.07) is 0.0274. The van der Waals surface area contributed by atoms with Crippen molar-refractivity contribution >= 4 is 29.0 Å². The first kappa shape index (κ1) is 30.4. The molecule has 0 aromatic heterocycles. The van der Waals surface area contributed by atoms with Crippen molar-refractivity contribution in [1.29, 1.82) is 0 Å². The van der Waals surface area contributed by atoms with E-state index in [0.29, 0.717) is 12.5 Å². The van der Waals surface area contributed by atoms with Crippen LogP contribution in [0.4, 0.5) is 4.39 Å². The molecule has 0 radical (unpaired) electrons. The molecule has 228 valence electrons. The van der Waals surface area contributed by atoms with E-state index in [2.05, 4.69) is 25.7 Å². The van der Waals surface area contributed by atoms with Gasteiger partial charge in [0.2, 0.25) is 5.91 Å². The molecule has 4 aliphatic carbocycles.